The van der Waals surface area contributed by atoms with Crippen LogP contribution in [0.2, 0.25) is 15.1 Å². The first-order valence-corrected chi connectivity index (χ1v) is 8.60. The Morgan fingerprint density at radius 1 is 0.880 bits per heavy atom. The minimum atomic E-state index is -0.854. The van der Waals surface area contributed by atoms with Crippen molar-refractivity contribution in [2.75, 3.05) is 0 Å². The van der Waals surface area contributed by atoms with Gasteiger partial charge in [0.15, 0.2) is 6.10 Å². The average molecular weight is 396 g/mol. The molecule has 0 fully saturated rings. The van der Waals surface area contributed by atoms with Crippen molar-refractivity contribution in [3.63, 3.8) is 0 Å². The van der Waals surface area contributed by atoms with E-state index in [1.165, 1.54) is 0 Å². The molecule has 0 heterocycles. The summed E-state index contributed by atoms with van der Waals surface area (Å²) in [5, 5.41) is 2.96. The number of ether oxygens (including phenoxy) is 2. The van der Waals surface area contributed by atoms with Crippen molar-refractivity contribution in [3.05, 3.63) is 69.7 Å². The third-order valence-electron chi connectivity index (χ3n) is 3.57. The van der Waals surface area contributed by atoms with Gasteiger partial charge in [0, 0.05) is 20.8 Å². The van der Waals surface area contributed by atoms with Crippen LogP contribution >= 0.6 is 34.8 Å². The van der Waals surface area contributed by atoms with Crippen LogP contribution in [0, 0.1) is 0 Å². The van der Waals surface area contributed by atoms with Gasteiger partial charge in [0.2, 0.25) is 0 Å². The van der Waals surface area contributed by atoms with Crippen LogP contribution in [0.5, 0.6) is 11.5 Å². The van der Waals surface area contributed by atoms with Gasteiger partial charge in [-0.3, -0.25) is 0 Å². The van der Waals surface area contributed by atoms with Crippen molar-refractivity contribution in [2.45, 2.75) is 13.0 Å². The molecule has 3 aromatic rings. The van der Waals surface area contributed by atoms with Gasteiger partial charge in [-0.1, -0.05) is 59.1 Å². The van der Waals surface area contributed by atoms with Crippen molar-refractivity contribution < 1.29 is 14.3 Å². The van der Waals surface area contributed by atoms with Crippen molar-refractivity contribution in [1.29, 1.82) is 0 Å². The fourth-order valence-corrected chi connectivity index (χ4v) is 3.01. The molecule has 128 valence electrons. The van der Waals surface area contributed by atoms with Gasteiger partial charge >= 0.3 is 5.97 Å². The lowest BCUT2D eigenvalue weighted by molar-refractivity contribution is -0.141. The zero-order chi connectivity index (χ0) is 18.0. The maximum atomic E-state index is 12.4. The van der Waals surface area contributed by atoms with E-state index in [0.717, 1.165) is 10.8 Å². The summed E-state index contributed by atoms with van der Waals surface area (Å²) in [5.74, 6) is 0.234. The first kappa shape index (κ1) is 17.9. The number of esters is 1. The molecular formula is C19H13Cl3O3. The number of hydrogen-bond donors (Lipinski definition) is 0. The van der Waals surface area contributed by atoms with E-state index in [-0.39, 0.29) is 0 Å². The van der Waals surface area contributed by atoms with Crippen LogP contribution < -0.4 is 9.47 Å². The molecule has 0 spiro atoms. The van der Waals surface area contributed by atoms with Gasteiger partial charge in [-0.05, 0) is 37.3 Å². The highest BCUT2D eigenvalue weighted by atomic mass is 35.5. The SMILES string of the molecule is C[C@@H](Oc1ccc(Cl)cc1Cl)C(=O)Oc1ccc(Cl)c2ccccc12. The molecule has 0 aliphatic heterocycles. The van der Waals surface area contributed by atoms with E-state index >= 15 is 0 Å². The van der Waals surface area contributed by atoms with Crippen LogP contribution in [0.15, 0.2) is 54.6 Å². The lowest BCUT2D eigenvalue weighted by Crippen LogP contribution is -2.28. The predicted molar refractivity (Wildman–Crippen MR) is 101 cm³/mol. The van der Waals surface area contributed by atoms with Crippen molar-refractivity contribution in [1.82, 2.24) is 0 Å². The molecule has 0 N–H and O–H groups in total. The smallest absolute Gasteiger partial charge is 0.352 e. The van der Waals surface area contributed by atoms with Crippen LogP contribution in [-0.2, 0) is 4.79 Å². The maximum Gasteiger partial charge on any atom is 0.352 e. The zero-order valence-electron chi connectivity index (χ0n) is 13.1. The average Bonchev–Trinajstić information content (AvgIpc) is 2.60. The highest BCUT2D eigenvalue weighted by molar-refractivity contribution is 6.36. The third kappa shape index (κ3) is 4.01. The Hall–Kier alpha value is -1.94. The van der Waals surface area contributed by atoms with Gasteiger partial charge in [0.25, 0.3) is 0 Å². The molecule has 1 atom stereocenters. The van der Waals surface area contributed by atoms with Crippen LogP contribution in [0.25, 0.3) is 10.8 Å². The molecule has 0 bridgehead atoms. The van der Waals surface area contributed by atoms with Gasteiger partial charge in [-0.15, -0.1) is 0 Å². The Balaban J connectivity index is 1.79. The summed E-state index contributed by atoms with van der Waals surface area (Å²) in [4.78, 5) is 12.4. The van der Waals surface area contributed by atoms with Gasteiger partial charge in [0.1, 0.15) is 11.5 Å². The summed E-state index contributed by atoms with van der Waals surface area (Å²) in [6, 6.07) is 15.5. The largest absolute Gasteiger partial charge is 0.477 e. The second-order valence-electron chi connectivity index (χ2n) is 5.35. The number of carbonyl (C=O) groups is 1. The van der Waals surface area contributed by atoms with Crippen LogP contribution in [-0.4, -0.2) is 12.1 Å². The van der Waals surface area contributed by atoms with Crippen LogP contribution in [0.1, 0.15) is 6.92 Å². The van der Waals surface area contributed by atoms with E-state index in [1.807, 2.05) is 24.3 Å². The predicted octanol–water partition coefficient (Wildman–Crippen LogP) is 6.17. The molecule has 3 aromatic carbocycles. The van der Waals surface area contributed by atoms with Gasteiger partial charge < -0.3 is 9.47 Å². The first-order valence-electron chi connectivity index (χ1n) is 7.46. The van der Waals surface area contributed by atoms with Crippen LogP contribution in [0.4, 0.5) is 0 Å². The second-order valence-corrected chi connectivity index (χ2v) is 6.60. The molecular weight excluding hydrogens is 383 g/mol. The third-order valence-corrected chi connectivity index (χ3v) is 4.43. The Labute approximate surface area is 160 Å². The summed E-state index contributed by atoms with van der Waals surface area (Å²) in [7, 11) is 0. The van der Waals surface area contributed by atoms with E-state index in [0.29, 0.717) is 26.6 Å². The molecule has 0 amide bonds. The van der Waals surface area contributed by atoms with Crippen molar-refractivity contribution >= 4 is 51.5 Å². The molecule has 0 radical (unpaired) electrons. The van der Waals surface area contributed by atoms with Crippen LogP contribution in [0.3, 0.4) is 0 Å². The summed E-state index contributed by atoms with van der Waals surface area (Å²) in [5.41, 5.74) is 0. The minimum absolute atomic E-state index is 0.323. The number of hydrogen-bond acceptors (Lipinski definition) is 3. The topological polar surface area (TPSA) is 35.5 Å². The zero-order valence-corrected chi connectivity index (χ0v) is 15.4. The number of fused-ring (bicyclic) bond motifs is 1. The summed E-state index contributed by atoms with van der Waals surface area (Å²) in [6.45, 7) is 1.59. The Morgan fingerprint density at radius 2 is 1.56 bits per heavy atom. The van der Waals surface area contributed by atoms with Gasteiger partial charge in [-0.25, -0.2) is 4.79 Å². The molecule has 0 saturated carbocycles. The fourth-order valence-electron chi connectivity index (χ4n) is 2.32. The molecule has 0 aromatic heterocycles. The summed E-state index contributed by atoms with van der Waals surface area (Å²) < 4.78 is 11.1. The van der Waals surface area contributed by atoms with E-state index in [1.54, 1.807) is 37.3 Å². The second kappa shape index (κ2) is 7.52. The minimum Gasteiger partial charge on any atom is -0.477 e. The van der Waals surface area contributed by atoms with E-state index in [4.69, 9.17) is 44.3 Å². The molecule has 0 aliphatic rings. The van der Waals surface area contributed by atoms with Crippen molar-refractivity contribution in [3.8, 4) is 11.5 Å². The number of benzene rings is 3. The summed E-state index contributed by atoms with van der Waals surface area (Å²) >= 11 is 18.1. The number of rotatable bonds is 4. The normalized spacial score (nSPS) is 12.0. The molecule has 0 unspecified atom stereocenters. The molecule has 0 aliphatic carbocycles. The lowest BCUT2D eigenvalue weighted by Gasteiger charge is -2.16. The molecule has 0 saturated heterocycles. The summed E-state index contributed by atoms with van der Waals surface area (Å²) in [6.07, 6.45) is -0.854. The maximum absolute atomic E-state index is 12.4. The van der Waals surface area contributed by atoms with E-state index < -0.39 is 12.1 Å². The van der Waals surface area contributed by atoms with E-state index in [9.17, 15) is 4.79 Å². The fraction of sp³-hybridized carbons (Fsp3) is 0.105. The lowest BCUT2D eigenvalue weighted by atomic mass is 10.1. The van der Waals surface area contributed by atoms with Crippen molar-refractivity contribution in [2.24, 2.45) is 0 Å². The highest BCUT2D eigenvalue weighted by Gasteiger charge is 2.20. The van der Waals surface area contributed by atoms with Gasteiger partial charge in [-0.2, -0.15) is 0 Å². The molecule has 6 heteroatoms. The quantitative estimate of drug-likeness (QED) is 0.391. The Kier molecular flexibility index (Phi) is 5.38. The molecule has 3 rings (SSSR count). The first-order chi connectivity index (χ1) is 12.0. The standard InChI is InChI=1S/C19H13Cl3O3/c1-11(24-18-8-6-12(20)10-16(18)22)19(23)25-17-9-7-15(21)13-4-2-3-5-14(13)17/h2-11H,1H3/t11-/m1/s1. The Morgan fingerprint density at radius 3 is 2.28 bits per heavy atom. The van der Waals surface area contributed by atoms with Gasteiger partial charge in [0.05, 0.1) is 5.02 Å². The highest BCUT2D eigenvalue weighted by Crippen LogP contribution is 2.32. The molecule has 3 nitrogen and oxygen atoms in total. The number of halogens is 3. The van der Waals surface area contributed by atoms with E-state index in [2.05, 4.69) is 0 Å². The molecule has 25 heavy (non-hydrogen) atoms. The Bertz CT molecular complexity index is 940. The number of carbonyl (C=O) groups excluding carboxylic acids is 1. The monoisotopic (exact) mass is 394 g/mol.